The molecular weight excluding hydrogens is 334 g/mol. The van der Waals surface area contributed by atoms with Crippen molar-refractivity contribution in [1.82, 2.24) is 5.32 Å². The van der Waals surface area contributed by atoms with Crippen molar-refractivity contribution in [1.29, 1.82) is 0 Å². The van der Waals surface area contributed by atoms with Gasteiger partial charge in [-0.25, -0.2) is 5.32 Å². The number of halogens is 1. The normalized spacial score (nSPS) is 14.8. The average Bonchev–Trinajstić information content (AvgIpc) is 2.49. The Balaban J connectivity index is 1.84. The first kappa shape index (κ1) is 13.3. The minimum Gasteiger partial charge on any atom is -0.262 e. The molecule has 2 aromatic rings. The van der Waals surface area contributed by atoms with Crippen LogP contribution in [0.3, 0.4) is 0 Å². The van der Waals surface area contributed by atoms with E-state index in [2.05, 4.69) is 26.2 Å². The molecule has 3 nitrogen and oxygen atoms in total. The number of hydrogen-bond acceptors (Lipinski definition) is 1. The molecule has 1 aliphatic rings. The highest BCUT2D eigenvalue weighted by Gasteiger charge is 2.24. The molecule has 0 atom stereocenters. The lowest BCUT2D eigenvalue weighted by Gasteiger charge is -2.24. The van der Waals surface area contributed by atoms with Crippen molar-refractivity contribution in [3.63, 3.8) is 0 Å². The summed E-state index contributed by atoms with van der Waals surface area (Å²) in [5.41, 5.74) is 2.16. The molecule has 20 heavy (non-hydrogen) atoms. The van der Waals surface area contributed by atoms with E-state index in [1.807, 2.05) is 59.5 Å². The summed E-state index contributed by atoms with van der Waals surface area (Å²) in [5, 5.41) is 3.95. The van der Waals surface area contributed by atoms with E-state index in [0.29, 0.717) is 11.8 Å². The van der Waals surface area contributed by atoms with E-state index < -0.39 is 0 Å². The fraction of sp³-hybridized carbons (Fsp3) is 0.0667. The summed E-state index contributed by atoms with van der Waals surface area (Å²) < 4.78 is 1.06. The van der Waals surface area contributed by atoms with Crippen LogP contribution in [-0.2, 0) is 0 Å². The highest BCUT2D eigenvalue weighted by molar-refractivity contribution is 9.10. The van der Waals surface area contributed by atoms with Crippen LogP contribution in [0.15, 0.2) is 59.1 Å². The van der Waals surface area contributed by atoms with Gasteiger partial charge < -0.3 is 0 Å². The second kappa shape index (κ2) is 5.73. The van der Waals surface area contributed by atoms with E-state index in [9.17, 15) is 0 Å². The Kier molecular flexibility index (Phi) is 3.80. The first-order valence-corrected chi connectivity index (χ1v) is 7.44. The zero-order chi connectivity index (χ0) is 13.9. The molecule has 0 spiro atoms. The monoisotopic (exact) mass is 346 g/mol. The second-order valence-electron chi connectivity index (χ2n) is 4.41. The van der Waals surface area contributed by atoms with Crippen LogP contribution in [0, 0.1) is 0 Å². The van der Waals surface area contributed by atoms with Crippen molar-refractivity contribution in [2.75, 3.05) is 11.6 Å². The van der Waals surface area contributed by atoms with Crippen molar-refractivity contribution >= 4 is 44.8 Å². The Bertz CT molecular complexity index is 653. The lowest BCUT2D eigenvalue weighted by Crippen LogP contribution is -2.85. The van der Waals surface area contributed by atoms with Crippen LogP contribution in [-0.4, -0.2) is 17.6 Å². The molecule has 0 aromatic heterocycles. The van der Waals surface area contributed by atoms with Crippen molar-refractivity contribution in [3.8, 4) is 0 Å². The fourth-order valence-corrected chi connectivity index (χ4v) is 2.59. The summed E-state index contributed by atoms with van der Waals surface area (Å²) >= 11 is 8.90. The van der Waals surface area contributed by atoms with Crippen LogP contribution in [0.2, 0.25) is 0 Å². The number of benzene rings is 2. The quantitative estimate of drug-likeness (QED) is 0.810. The summed E-state index contributed by atoms with van der Waals surface area (Å²) in [6.07, 6.45) is 0. The van der Waals surface area contributed by atoms with Crippen molar-refractivity contribution in [2.24, 2.45) is 0 Å². The van der Waals surface area contributed by atoms with E-state index in [-0.39, 0.29) is 0 Å². The van der Waals surface area contributed by atoms with Crippen molar-refractivity contribution in [2.45, 2.75) is 0 Å². The van der Waals surface area contributed by atoms with Gasteiger partial charge in [0.25, 0.3) is 10.9 Å². The van der Waals surface area contributed by atoms with Gasteiger partial charge in [0.2, 0.25) is 0 Å². The SMILES string of the molecule is S=C1NC(c2ccccc2)=[NH+]CN1c1ccc(Br)cc1. The fourth-order valence-electron chi connectivity index (χ4n) is 2.06. The second-order valence-corrected chi connectivity index (χ2v) is 5.71. The van der Waals surface area contributed by atoms with Gasteiger partial charge in [0.15, 0.2) is 6.67 Å². The Labute approximate surface area is 131 Å². The number of amidine groups is 1. The number of thiocarbonyl (C=S) groups is 1. The van der Waals surface area contributed by atoms with Crippen molar-refractivity contribution < 1.29 is 4.99 Å². The maximum atomic E-state index is 5.46. The minimum atomic E-state index is 0.650. The van der Waals surface area contributed by atoms with Crippen LogP contribution in [0.25, 0.3) is 0 Å². The predicted molar refractivity (Wildman–Crippen MR) is 88.7 cm³/mol. The smallest absolute Gasteiger partial charge is 0.262 e. The first-order valence-electron chi connectivity index (χ1n) is 6.24. The lowest BCUT2D eigenvalue weighted by molar-refractivity contribution is -0.457. The third-order valence-corrected chi connectivity index (χ3v) is 3.94. The average molecular weight is 347 g/mol. The largest absolute Gasteiger partial charge is 0.283 e. The Morgan fingerprint density at radius 3 is 2.40 bits per heavy atom. The van der Waals surface area contributed by atoms with E-state index in [1.165, 1.54) is 0 Å². The molecule has 5 heteroatoms. The van der Waals surface area contributed by atoms with Gasteiger partial charge in [0.05, 0.1) is 5.56 Å². The highest BCUT2D eigenvalue weighted by Crippen LogP contribution is 2.18. The molecule has 1 heterocycles. The molecule has 0 radical (unpaired) electrons. The number of hydrogen-bond donors (Lipinski definition) is 2. The molecule has 0 fully saturated rings. The molecule has 2 aromatic carbocycles. The number of rotatable bonds is 2. The Hall–Kier alpha value is -1.72. The van der Waals surface area contributed by atoms with Gasteiger partial charge in [0, 0.05) is 10.2 Å². The summed E-state index contributed by atoms with van der Waals surface area (Å²) in [6.45, 7) is 0.650. The molecular formula is C15H13BrN3S+. The number of anilines is 1. The van der Waals surface area contributed by atoms with E-state index in [0.717, 1.165) is 21.6 Å². The third kappa shape index (κ3) is 2.73. The molecule has 100 valence electrons. The van der Waals surface area contributed by atoms with Gasteiger partial charge in [-0.2, -0.15) is 0 Å². The van der Waals surface area contributed by atoms with Gasteiger partial charge in [0.1, 0.15) is 0 Å². The maximum absolute atomic E-state index is 5.46. The minimum absolute atomic E-state index is 0.650. The van der Waals surface area contributed by atoms with E-state index in [1.54, 1.807) is 0 Å². The number of nitrogens with zero attached hydrogens (tertiary/aromatic N) is 1. The van der Waals surface area contributed by atoms with Crippen LogP contribution in [0.1, 0.15) is 5.56 Å². The molecule has 0 amide bonds. The van der Waals surface area contributed by atoms with Crippen molar-refractivity contribution in [3.05, 3.63) is 64.6 Å². The topological polar surface area (TPSA) is 29.2 Å². The molecule has 0 bridgehead atoms. The molecule has 0 saturated carbocycles. The van der Waals surface area contributed by atoms with Crippen LogP contribution < -0.4 is 15.2 Å². The molecule has 3 rings (SSSR count). The van der Waals surface area contributed by atoms with Crippen LogP contribution in [0.4, 0.5) is 5.69 Å². The summed E-state index contributed by atoms with van der Waals surface area (Å²) in [7, 11) is 0. The van der Waals surface area contributed by atoms with Crippen LogP contribution in [0.5, 0.6) is 0 Å². The first-order chi connectivity index (χ1) is 9.74. The Morgan fingerprint density at radius 1 is 1.05 bits per heavy atom. The maximum Gasteiger partial charge on any atom is 0.283 e. The summed E-state index contributed by atoms with van der Waals surface area (Å²) in [4.78, 5) is 5.38. The van der Waals surface area contributed by atoms with Crippen LogP contribution >= 0.6 is 28.1 Å². The van der Waals surface area contributed by atoms with Gasteiger partial charge in [-0.1, -0.05) is 34.1 Å². The summed E-state index contributed by atoms with van der Waals surface area (Å²) in [6, 6.07) is 18.2. The van der Waals surface area contributed by atoms with E-state index in [4.69, 9.17) is 12.2 Å². The highest BCUT2D eigenvalue weighted by atomic mass is 79.9. The third-order valence-electron chi connectivity index (χ3n) is 3.09. The van der Waals surface area contributed by atoms with E-state index >= 15 is 0 Å². The zero-order valence-corrected chi connectivity index (χ0v) is 13.0. The summed E-state index contributed by atoms with van der Waals surface area (Å²) in [5.74, 6) is 0.948. The molecule has 0 unspecified atom stereocenters. The van der Waals surface area contributed by atoms with Gasteiger partial charge >= 0.3 is 0 Å². The van der Waals surface area contributed by atoms with Gasteiger partial charge in [-0.05, 0) is 48.6 Å². The molecule has 0 saturated heterocycles. The molecule has 1 aliphatic heterocycles. The predicted octanol–water partition coefficient (Wildman–Crippen LogP) is 1.63. The molecule has 0 aliphatic carbocycles. The lowest BCUT2D eigenvalue weighted by atomic mass is 10.2. The zero-order valence-electron chi connectivity index (χ0n) is 10.6. The standard InChI is InChI=1S/C15H12BrN3S/c16-12-6-8-13(9-7-12)19-10-17-14(18-15(19)20)11-4-2-1-3-5-11/h1-9H,10H2,(H,17,18,20)/p+1. The Morgan fingerprint density at radius 2 is 1.75 bits per heavy atom. The van der Waals surface area contributed by atoms with Gasteiger partial charge in [-0.15, -0.1) is 0 Å². The molecule has 2 N–H and O–H groups in total. The number of nitrogens with one attached hydrogen (secondary N) is 2. The van der Waals surface area contributed by atoms with Gasteiger partial charge in [-0.3, -0.25) is 9.89 Å².